The van der Waals surface area contributed by atoms with Crippen molar-refractivity contribution >= 4 is 7.44 Å². The van der Waals surface area contributed by atoms with Crippen molar-refractivity contribution in [2.24, 2.45) is 5.92 Å². The Morgan fingerprint density at radius 2 is 1.73 bits per heavy atom. The second-order valence-corrected chi connectivity index (χ2v) is 10.0. The number of allylic oxidation sites excluding steroid dienone is 2. The fourth-order valence-corrected chi connectivity index (χ4v) is 7.43. The van der Waals surface area contributed by atoms with E-state index in [-0.39, 0.29) is 12.0 Å². The molecule has 26 heavy (non-hydrogen) atoms. The quantitative estimate of drug-likeness (QED) is 0.532. The third-order valence-corrected chi connectivity index (χ3v) is 8.84. The molecule has 2 aromatic rings. The topological polar surface area (TPSA) is 23.6 Å². The van der Waals surface area contributed by atoms with Gasteiger partial charge in [-0.2, -0.15) is 0 Å². The Bertz CT molecular complexity index is 876. The Kier molecular flexibility index (Phi) is 4.71. The van der Waals surface area contributed by atoms with Crippen LogP contribution in [0.5, 0.6) is 0 Å². The minimum absolute atomic E-state index is 0.114. The third kappa shape index (κ3) is 2.81. The molecule has 0 unspecified atom stereocenters. The number of rotatable bonds is 4. The Labute approximate surface area is 156 Å². The maximum atomic E-state index is 14.3. The van der Waals surface area contributed by atoms with E-state index in [1.165, 1.54) is 11.1 Å². The summed E-state index contributed by atoms with van der Waals surface area (Å²) in [5.74, 6) is 0.181. The van der Waals surface area contributed by atoms with Gasteiger partial charge in [0.1, 0.15) is 0 Å². The van der Waals surface area contributed by atoms with Gasteiger partial charge in [-0.05, 0) is 31.6 Å². The van der Waals surface area contributed by atoms with Gasteiger partial charge >= 0.3 is 0 Å². The standard InChI is InChI=1S/C22H25N2OP/c1-23(17-18-11-5-3-6-12-18)26(25)21-16-10-9-15-20(21)22(24(26)2)19-13-7-4-8-14-19/h3-9,11-16,20,22H,10,17H2,1-2H3/t20-,22+,26-/m1/s1. The Morgan fingerprint density at radius 1 is 1.08 bits per heavy atom. The molecule has 0 N–H and O–H groups in total. The van der Waals surface area contributed by atoms with E-state index in [1.807, 2.05) is 38.4 Å². The van der Waals surface area contributed by atoms with E-state index in [1.54, 1.807) is 0 Å². The molecule has 1 heterocycles. The second kappa shape index (κ2) is 7.00. The van der Waals surface area contributed by atoms with Crippen LogP contribution >= 0.6 is 7.44 Å². The van der Waals surface area contributed by atoms with E-state index < -0.39 is 7.44 Å². The molecule has 1 aliphatic heterocycles. The minimum Gasteiger partial charge on any atom is -0.284 e. The van der Waals surface area contributed by atoms with Crippen LogP contribution in [0.15, 0.2) is 84.2 Å². The van der Waals surface area contributed by atoms with Crippen LogP contribution in [0.1, 0.15) is 23.6 Å². The molecule has 1 fully saturated rings. The van der Waals surface area contributed by atoms with Gasteiger partial charge in [-0.1, -0.05) is 78.9 Å². The van der Waals surface area contributed by atoms with Crippen molar-refractivity contribution in [2.45, 2.75) is 19.0 Å². The maximum Gasteiger partial charge on any atom is 0.242 e. The lowest BCUT2D eigenvalue weighted by molar-refractivity contribution is 0.340. The van der Waals surface area contributed by atoms with E-state index in [0.717, 1.165) is 11.7 Å². The molecule has 0 spiro atoms. The van der Waals surface area contributed by atoms with Crippen molar-refractivity contribution in [3.8, 4) is 0 Å². The highest BCUT2D eigenvalue weighted by Gasteiger charge is 2.52. The van der Waals surface area contributed by atoms with Crippen LogP contribution in [-0.4, -0.2) is 23.4 Å². The van der Waals surface area contributed by atoms with E-state index >= 15 is 0 Å². The third-order valence-electron chi connectivity index (χ3n) is 5.51. The normalized spacial score (nSPS) is 28.2. The predicted molar refractivity (Wildman–Crippen MR) is 108 cm³/mol. The van der Waals surface area contributed by atoms with Gasteiger partial charge in [0, 0.05) is 17.8 Å². The summed E-state index contributed by atoms with van der Waals surface area (Å²) in [6, 6.07) is 20.9. The summed E-state index contributed by atoms with van der Waals surface area (Å²) in [7, 11) is 1.22. The zero-order chi connectivity index (χ0) is 18.1. The molecule has 0 aromatic heterocycles. The highest BCUT2D eigenvalue weighted by Crippen LogP contribution is 2.72. The number of benzene rings is 2. The molecule has 0 amide bonds. The molecule has 3 nitrogen and oxygen atoms in total. The van der Waals surface area contributed by atoms with Gasteiger partial charge in [0.25, 0.3) is 0 Å². The molecular formula is C22H25N2OP. The van der Waals surface area contributed by atoms with Gasteiger partial charge in [-0.25, -0.2) is 9.34 Å². The predicted octanol–water partition coefficient (Wildman–Crippen LogP) is 5.46. The van der Waals surface area contributed by atoms with Crippen LogP contribution in [0.4, 0.5) is 0 Å². The van der Waals surface area contributed by atoms with Gasteiger partial charge in [0.05, 0.1) is 6.04 Å². The fraction of sp³-hybridized carbons (Fsp3) is 0.273. The van der Waals surface area contributed by atoms with Gasteiger partial charge < -0.3 is 0 Å². The lowest BCUT2D eigenvalue weighted by atomic mass is 9.90. The molecular weight excluding hydrogens is 339 g/mol. The molecule has 134 valence electrons. The lowest BCUT2D eigenvalue weighted by Crippen LogP contribution is -2.25. The van der Waals surface area contributed by atoms with Crippen molar-refractivity contribution in [3.63, 3.8) is 0 Å². The summed E-state index contributed by atoms with van der Waals surface area (Å²) >= 11 is 0. The summed E-state index contributed by atoms with van der Waals surface area (Å²) in [6.07, 6.45) is 7.50. The summed E-state index contributed by atoms with van der Waals surface area (Å²) in [5, 5.41) is 1.09. The summed E-state index contributed by atoms with van der Waals surface area (Å²) in [5.41, 5.74) is 2.41. The SMILES string of the molecule is CN(Cc1ccccc1)[P@]1(=O)C2=CCC=C[C@H]2[C@H](c2ccccc2)N1C. The number of fused-ring (bicyclic) bond motifs is 1. The van der Waals surface area contributed by atoms with Crippen LogP contribution in [-0.2, 0) is 11.1 Å². The Morgan fingerprint density at radius 3 is 2.42 bits per heavy atom. The lowest BCUT2D eigenvalue weighted by Gasteiger charge is -2.33. The van der Waals surface area contributed by atoms with Gasteiger partial charge in [0.15, 0.2) is 0 Å². The summed E-state index contributed by atoms with van der Waals surface area (Å²) in [4.78, 5) is 0. The molecule has 4 rings (SSSR count). The van der Waals surface area contributed by atoms with Crippen molar-refractivity contribution in [1.29, 1.82) is 0 Å². The highest BCUT2D eigenvalue weighted by molar-refractivity contribution is 7.63. The molecule has 2 aromatic carbocycles. The van der Waals surface area contributed by atoms with Crippen LogP contribution < -0.4 is 0 Å². The molecule has 0 radical (unpaired) electrons. The first kappa shape index (κ1) is 17.5. The molecule has 2 aliphatic rings. The Balaban J connectivity index is 1.73. The van der Waals surface area contributed by atoms with Gasteiger partial charge in [-0.15, -0.1) is 0 Å². The summed E-state index contributed by atoms with van der Waals surface area (Å²) in [6.45, 7) is 0.678. The average molecular weight is 364 g/mol. The minimum atomic E-state index is -2.79. The van der Waals surface area contributed by atoms with Crippen molar-refractivity contribution in [3.05, 3.63) is 95.3 Å². The van der Waals surface area contributed by atoms with E-state index in [9.17, 15) is 4.57 Å². The maximum absolute atomic E-state index is 14.3. The molecule has 1 saturated heterocycles. The number of nitrogens with zero attached hydrogens (tertiary/aromatic N) is 2. The first-order valence-corrected chi connectivity index (χ1v) is 10.7. The molecule has 0 saturated carbocycles. The van der Waals surface area contributed by atoms with Gasteiger partial charge in [-0.3, -0.25) is 4.57 Å². The first-order chi connectivity index (χ1) is 12.6. The average Bonchev–Trinajstić information content (AvgIpc) is 2.92. The largest absolute Gasteiger partial charge is 0.284 e. The van der Waals surface area contributed by atoms with E-state index in [2.05, 4.69) is 64.0 Å². The second-order valence-electron chi connectivity index (χ2n) is 7.09. The monoisotopic (exact) mass is 364 g/mol. The molecule has 3 atom stereocenters. The smallest absolute Gasteiger partial charge is 0.242 e. The highest BCUT2D eigenvalue weighted by atomic mass is 31.2. The zero-order valence-corrected chi connectivity index (χ0v) is 16.2. The Hall–Kier alpha value is -1.93. The number of hydrogen-bond donors (Lipinski definition) is 0. The van der Waals surface area contributed by atoms with Gasteiger partial charge in [0.2, 0.25) is 7.44 Å². The van der Waals surface area contributed by atoms with Crippen molar-refractivity contribution in [1.82, 2.24) is 9.34 Å². The van der Waals surface area contributed by atoms with Crippen molar-refractivity contribution < 1.29 is 4.57 Å². The van der Waals surface area contributed by atoms with Crippen LogP contribution in [0, 0.1) is 5.92 Å². The van der Waals surface area contributed by atoms with Crippen LogP contribution in [0.25, 0.3) is 0 Å². The fourth-order valence-electron chi connectivity index (χ4n) is 4.27. The van der Waals surface area contributed by atoms with Crippen molar-refractivity contribution in [2.75, 3.05) is 14.1 Å². The van der Waals surface area contributed by atoms with Crippen LogP contribution in [0.2, 0.25) is 0 Å². The summed E-state index contributed by atoms with van der Waals surface area (Å²) < 4.78 is 18.5. The molecule has 1 aliphatic carbocycles. The van der Waals surface area contributed by atoms with E-state index in [4.69, 9.17) is 0 Å². The number of hydrogen-bond acceptors (Lipinski definition) is 1. The van der Waals surface area contributed by atoms with E-state index in [0.29, 0.717) is 6.54 Å². The zero-order valence-electron chi connectivity index (χ0n) is 15.3. The molecule has 4 heteroatoms. The van der Waals surface area contributed by atoms with Crippen LogP contribution in [0.3, 0.4) is 0 Å². The first-order valence-electron chi connectivity index (χ1n) is 9.13. The molecule has 0 bridgehead atoms.